The molecule has 0 bridgehead atoms. The third-order valence-corrected chi connectivity index (χ3v) is 5.33. The lowest BCUT2D eigenvalue weighted by Crippen LogP contribution is -2.50. The number of hydrogen-bond donors (Lipinski definition) is 0. The van der Waals surface area contributed by atoms with Crippen molar-refractivity contribution in [2.45, 2.75) is 6.54 Å². The fourth-order valence-corrected chi connectivity index (χ4v) is 3.64. The molecule has 0 unspecified atom stereocenters. The van der Waals surface area contributed by atoms with Gasteiger partial charge in [-0.15, -0.1) is 0 Å². The number of aromatic nitrogens is 2. The van der Waals surface area contributed by atoms with Gasteiger partial charge in [-0.2, -0.15) is 5.10 Å². The Balaban J connectivity index is 1.42. The van der Waals surface area contributed by atoms with E-state index in [-0.39, 0.29) is 23.8 Å². The van der Waals surface area contributed by atoms with Gasteiger partial charge in [-0.05, 0) is 48.5 Å². The van der Waals surface area contributed by atoms with Crippen molar-refractivity contribution in [2.24, 2.45) is 0 Å². The van der Waals surface area contributed by atoms with Crippen LogP contribution >= 0.6 is 11.6 Å². The number of halogens is 2. The summed E-state index contributed by atoms with van der Waals surface area (Å²) in [4.78, 5) is 28.9. The Kier molecular flexibility index (Phi) is 5.81. The van der Waals surface area contributed by atoms with Crippen LogP contribution in [0.4, 0.5) is 10.1 Å². The highest BCUT2D eigenvalue weighted by Crippen LogP contribution is 2.21. The number of piperazine rings is 1. The summed E-state index contributed by atoms with van der Waals surface area (Å²) < 4.78 is 14.3. The predicted octanol–water partition coefficient (Wildman–Crippen LogP) is 3.05. The maximum Gasteiger partial charge on any atom is 0.267 e. The van der Waals surface area contributed by atoms with E-state index in [0.29, 0.717) is 42.5 Å². The molecule has 30 heavy (non-hydrogen) atoms. The van der Waals surface area contributed by atoms with Gasteiger partial charge in [0.1, 0.15) is 12.4 Å². The molecule has 2 aromatic carbocycles. The summed E-state index contributed by atoms with van der Waals surface area (Å²) in [5.74, 6) is -0.509. The first-order chi connectivity index (χ1) is 14.5. The third kappa shape index (κ3) is 4.52. The van der Waals surface area contributed by atoms with E-state index in [4.69, 9.17) is 11.6 Å². The maximum atomic E-state index is 13.1. The van der Waals surface area contributed by atoms with Crippen LogP contribution in [0.25, 0.3) is 11.3 Å². The van der Waals surface area contributed by atoms with Gasteiger partial charge in [0.15, 0.2) is 0 Å². The second-order valence-corrected chi connectivity index (χ2v) is 7.51. The molecule has 0 aliphatic carbocycles. The molecule has 0 saturated carbocycles. The van der Waals surface area contributed by atoms with Gasteiger partial charge >= 0.3 is 0 Å². The summed E-state index contributed by atoms with van der Waals surface area (Å²) in [5.41, 5.74) is 1.85. The summed E-state index contributed by atoms with van der Waals surface area (Å²) in [5, 5.41) is 4.97. The average Bonchev–Trinajstić information content (AvgIpc) is 2.76. The number of amides is 1. The standard InChI is InChI=1S/C22H20ClFN4O2/c23-17-2-1-3-19(14-17)26-10-12-27(13-11-26)22(30)15-28-21(29)9-8-20(25-28)16-4-6-18(24)7-5-16/h1-9,14H,10-13,15H2. The van der Waals surface area contributed by atoms with Gasteiger partial charge in [0.25, 0.3) is 5.56 Å². The number of rotatable bonds is 4. The second-order valence-electron chi connectivity index (χ2n) is 7.07. The Morgan fingerprint density at radius 2 is 1.73 bits per heavy atom. The lowest BCUT2D eigenvalue weighted by atomic mass is 10.1. The SMILES string of the molecule is O=C(Cn1nc(-c2ccc(F)cc2)ccc1=O)N1CCN(c2cccc(Cl)c2)CC1. The minimum absolute atomic E-state index is 0.134. The lowest BCUT2D eigenvalue weighted by molar-refractivity contribution is -0.132. The van der Waals surface area contributed by atoms with Crippen molar-refractivity contribution in [3.05, 3.63) is 81.9 Å². The van der Waals surface area contributed by atoms with Crippen LogP contribution in [0.2, 0.25) is 5.02 Å². The molecule has 3 aromatic rings. The molecule has 154 valence electrons. The van der Waals surface area contributed by atoms with Crippen LogP contribution in [-0.4, -0.2) is 46.8 Å². The Bertz CT molecular complexity index is 1110. The summed E-state index contributed by atoms with van der Waals surface area (Å²) in [6.07, 6.45) is 0. The highest BCUT2D eigenvalue weighted by atomic mass is 35.5. The molecule has 2 heterocycles. The topological polar surface area (TPSA) is 58.4 Å². The Hall–Kier alpha value is -3.19. The summed E-state index contributed by atoms with van der Waals surface area (Å²) in [6.45, 7) is 2.34. The van der Waals surface area contributed by atoms with E-state index in [0.717, 1.165) is 10.4 Å². The number of nitrogens with zero attached hydrogens (tertiary/aromatic N) is 4. The van der Waals surface area contributed by atoms with Crippen LogP contribution in [0.5, 0.6) is 0 Å². The molecule has 0 radical (unpaired) electrons. The highest BCUT2D eigenvalue weighted by molar-refractivity contribution is 6.30. The Labute approximate surface area is 178 Å². The van der Waals surface area contributed by atoms with Crippen molar-refractivity contribution in [1.29, 1.82) is 0 Å². The fourth-order valence-electron chi connectivity index (χ4n) is 3.45. The Morgan fingerprint density at radius 3 is 2.43 bits per heavy atom. The molecular formula is C22H20ClFN4O2. The van der Waals surface area contributed by atoms with E-state index in [1.54, 1.807) is 23.1 Å². The van der Waals surface area contributed by atoms with Crippen molar-refractivity contribution >= 4 is 23.2 Å². The highest BCUT2D eigenvalue weighted by Gasteiger charge is 2.22. The molecule has 1 aliphatic heterocycles. The summed E-state index contributed by atoms with van der Waals surface area (Å²) >= 11 is 6.06. The van der Waals surface area contributed by atoms with Crippen LogP contribution in [0.3, 0.4) is 0 Å². The minimum Gasteiger partial charge on any atom is -0.368 e. The van der Waals surface area contributed by atoms with Crippen molar-refractivity contribution in [3.8, 4) is 11.3 Å². The molecule has 4 rings (SSSR count). The predicted molar refractivity (Wildman–Crippen MR) is 114 cm³/mol. The van der Waals surface area contributed by atoms with Gasteiger partial charge in [-0.3, -0.25) is 9.59 Å². The number of benzene rings is 2. The van der Waals surface area contributed by atoms with Gasteiger partial charge < -0.3 is 9.80 Å². The fraction of sp³-hybridized carbons (Fsp3) is 0.227. The van der Waals surface area contributed by atoms with E-state index < -0.39 is 0 Å². The molecule has 8 heteroatoms. The van der Waals surface area contributed by atoms with Gasteiger partial charge in [-0.25, -0.2) is 9.07 Å². The number of hydrogen-bond acceptors (Lipinski definition) is 4. The van der Waals surface area contributed by atoms with Crippen LogP contribution < -0.4 is 10.5 Å². The van der Waals surface area contributed by atoms with Crippen molar-refractivity contribution in [2.75, 3.05) is 31.1 Å². The number of anilines is 1. The van der Waals surface area contributed by atoms with Gasteiger partial charge in [0.05, 0.1) is 5.69 Å². The van der Waals surface area contributed by atoms with Crippen LogP contribution in [0.1, 0.15) is 0 Å². The zero-order chi connectivity index (χ0) is 21.1. The van der Waals surface area contributed by atoms with E-state index in [9.17, 15) is 14.0 Å². The average molecular weight is 427 g/mol. The van der Waals surface area contributed by atoms with Crippen molar-refractivity contribution in [3.63, 3.8) is 0 Å². The molecule has 1 amide bonds. The van der Waals surface area contributed by atoms with Crippen LogP contribution in [0, 0.1) is 5.82 Å². The van der Waals surface area contributed by atoms with E-state index in [1.807, 2.05) is 24.3 Å². The molecule has 0 N–H and O–H groups in total. The Morgan fingerprint density at radius 1 is 1.00 bits per heavy atom. The van der Waals surface area contributed by atoms with E-state index >= 15 is 0 Å². The normalized spacial score (nSPS) is 14.1. The first kappa shape index (κ1) is 20.1. The van der Waals surface area contributed by atoms with Crippen LogP contribution in [0.15, 0.2) is 65.5 Å². The first-order valence-electron chi connectivity index (χ1n) is 9.62. The van der Waals surface area contributed by atoms with Crippen LogP contribution in [-0.2, 0) is 11.3 Å². The smallest absolute Gasteiger partial charge is 0.267 e. The molecule has 1 aliphatic rings. The zero-order valence-electron chi connectivity index (χ0n) is 16.2. The van der Waals surface area contributed by atoms with Crippen molar-refractivity contribution in [1.82, 2.24) is 14.7 Å². The first-order valence-corrected chi connectivity index (χ1v) is 10.00. The number of carbonyl (C=O) groups is 1. The maximum absolute atomic E-state index is 13.1. The van der Waals surface area contributed by atoms with Crippen molar-refractivity contribution < 1.29 is 9.18 Å². The van der Waals surface area contributed by atoms with Gasteiger partial charge in [-0.1, -0.05) is 17.7 Å². The van der Waals surface area contributed by atoms with Gasteiger partial charge in [0.2, 0.25) is 5.91 Å². The molecule has 6 nitrogen and oxygen atoms in total. The molecule has 1 saturated heterocycles. The third-order valence-electron chi connectivity index (χ3n) is 5.10. The van der Waals surface area contributed by atoms with Gasteiger partial charge in [0, 0.05) is 48.5 Å². The number of carbonyl (C=O) groups excluding carboxylic acids is 1. The molecule has 1 aromatic heterocycles. The molecular weight excluding hydrogens is 407 g/mol. The quantitative estimate of drug-likeness (QED) is 0.643. The monoisotopic (exact) mass is 426 g/mol. The largest absolute Gasteiger partial charge is 0.368 e. The van der Waals surface area contributed by atoms with E-state index in [2.05, 4.69) is 10.00 Å². The lowest BCUT2D eigenvalue weighted by Gasteiger charge is -2.36. The van der Waals surface area contributed by atoms with E-state index in [1.165, 1.54) is 18.2 Å². The summed E-state index contributed by atoms with van der Waals surface area (Å²) in [6, 6.07) is 16.4. The minimum atomic E-state index is -0.355. The molecule has 1 fully saturated rings. The summed E-state index contributed by atoms with van der Waals surface area (Å²) in [7, 11) is 0. The molecule has 0 spiro atoms. The zero-order valence-corrected chi connectivity index (χ0v) is 16.9. The molecule has 0 atom stereocenters. The second kappa shape index (κ2) is 8.67.